The van der Waals surface area contributed by atoms with Crippen LogP contribution in [-0.2, 0) is 22.4 Å². The Morgan fingerprint density at radius 1 is 0.939 bits per heavy atom. The van der Waals surface area contributed by atoms with E-state index in [4.69, 9.17) is 11.6 Å². The van der Waals surface area contributed by atoms with Gasteiger partial charge in [-0.1, -0.05) is 48.0 Å². The first kappa shape index (κ1) is 21.4. The summed E-state index contributed by atoms with van der Waals surface area (Å²) in [5, 5.41) is 11.7. The van der Waals surface area contributed by atoms with E-state index in [0.29, 0.717) is 16.3 Å². The number of carbonyl (C=O) groups is 2. The van der Waals surface area contributed by atoms with Crippen molar-refractivity contribution < 1.29 is 19.1 Å². The number of rotatable bonds is 3. The van der Waals surface area contributed by atoms with E-state index in [-0.39, 0.29) is 16.9 Å². The lowest BCUT2D eigenvalue weighted by molar-refractivity contribution is -0.132. The number of aliphatic hydroxyl groups excluding tert-OH is 1. The molecule has 2 aliphatic rings. The van der Waals surface area contributed by atoms with Crippen LogP contribution < -0.4 is 4.90 Å². The molecule has 4 nitrogen and oxygen atoms in total. The summed E-state index contributed by atoms with van der Waals surface area (Å²) in [6, 6.07) is 16.9. The number of hydrogen-bond acceptors (Lipinski definition) is 3. The predicted molar refractivity (Wildman–Crippen MR) is 126 cm³/mol. The lowest BCUT2D eigenvalue weighted by Crippen LogP contribution is -2.29. The Labute approximate surface area is 195 Å². The maximum Gasteiger partial charge on any atom is 0.300 e. The van der Waals surface area contributed by atoms with Crippen LogP contribution in [0.5, 0.6) is 0 Å². The average molecular weight is 462 g/mol. The van der Waals surface area contributed by atoms with E-state index in [9.17, 15) is 19.1 Å². The Morgan fingerprint density at radius 3 is 2.45 bits per heavy atom. The van der Waals surface area contributed by atoms with Crippen molar-refractivity contribution in [3.8, 4) is 0 Å². The third-order valence-corrected chi connectivity index (χ3v) is 6.59. The molecule has 1 aliphatic heterocycles. The predicted octanol–water partition coefficient (Wildman–Crippen LogP) is 5.98. The van der Waals surface area contributed by atoms with Crippen LogP contribution in [0.1, 0.15) is 41.1 Å². The Hall–Kier alpha value is -3.44. The number of fused-ring (bicyclic) bond motifs is 1. The Morgan fingerprint density at radius 2 is 1.70 bits per heavy atom. The fourth-order valence-corrected chi connectivity index (χ4v) is 4.94. The van der Waals surface area contributed by atoms with Crippen LogP contribution in [0.2, 0.25) is 5.02 Å². The zero-order valence-electron chi connectivity index (χ0n) is 17.7. The van der Waals surface area contributed by atoms with Crippen molar-refractivity contribution in [1.29, 1.82) is 0 Å². The van der Waals surface area contributed by atoms with Crippen LogP contribution in [0.3, 0.4) is 0 Å². The Balaban J connectivity index is 1.72. The van der Waals surface area contributed by atoms with Crippen LogP contribution in [0, 0.1) is 5.82 Å². The number of ketones is 1. The maximum absolute atomic E-state index is 14.9. The number of Topliss-reactive ketones (excluding diaryl/α,β-unsaturated/α-hetero) is 1. The third kappa shape index (κ3) is 3.72. The van der Waals surface area contributed by atoms with Gasteiger partial charge in [-0.25, -0.2) is 4.39 Å². The quantitative estimate of drug-likeness (QED) is 0.296. The zero-order chi connectivity index (χ0) is 23.1. The van der Waals surface area contributed by atoms with Crippen LogP contribution in [0.15, 0.2) is 72.3 Å². The molecule has 0 spiro atoms. The molecule has 0 aromatic heterocycles. The van der Waals surface area contributed by atoms with Gasteiger partial charge in [0, 0.05) is 21.8 Å². The lowest BCUT2D eigenvalue weighted by Gasteiger charge is -2.26. The molecule has 3 aromatic rings. The van der Waals surface area contributed by atoms with Crippen molar-refractivity contribution in [3.05, 3.63) is 105 Å². The summed E-state index contributed by atoms with van der Waals surface area (Å²) in [7, 11) is 0. The number of aryl methyl sites for hydroxylation is 2. The van der Waals surface area contributed by atoms with E-state index >= 15 is 0 Å². The van der Waals surface area contributed by atoms with E-state index in [1.54, 1.807) is 36.4 Å². The molecule has 0 radical (unpaired) electrons. The van der Waals surface area contributed by atoms with E-state index in [1.165, 1.54) is 28.7 Å². The molecule has 1 N–H and O–H groups in total. The van der Waals surface area contributed by atoms with Crippen molar-refractivity contribution in [2.24, 2.45) is 0 Å². The summed E-state index contributed by atoms with van der Waals surface area (Å²) >= 11 is 6.14. The highest BCUT2D eigenvalue weighted by atomic mass is 35.5. The van der Waals surface area contributed by atoms with Crippen LogP contribution in [0.25, 0.3) is 5.76 Å². The molecule has 1 amide bonds. The fourth-order valence-electron chi connectivity index (χ4n) is 4.75. The monoisotopic (exact) mass is 461 g/mol. The number of amides is 1. The SMILES string of the molecule is O=C1C(=O)N(c2cccc(Cl)c2)C(c2ccccc2F)/C1=C(\O)c1ccc2c(c1)CCCC2. The molecule has 166 valence electrons. The molecule has 0 bridgehead atoms. The summed E-state index contributed by atoms with van der Waals surface area (Å²) in [5.74, 6) is -2.59. The number of hydrogen-bond donors (Lipinski definition) is 1. The minimum Gasteiger partial charge on any atom is -0.507 e. The van der Waals surface area contributed by atoms with Gasteiger partial charge in [0.2, 0.25) is 0 Å². The number of nitrogens with zero attached hydrogens (tertiary/aromatic N) is 1. The molecular weight excluding hydrogens is 441 g/mol. The number of benzene rings is 3. The zero-order valence-corrected chi connectivity index (χ0v) is 18.5. The molecule has 33 heavy (non-hydrogen) atoms. The minimum absolute atomic E-state index is 0.121. The minimum atomic E-state index is -1.12. The Kier molecular flexibility index (Phi) is 5.51. The molecule has 1 fully saturated rings. The van der Waals surface area contributed by atoms with Gasteiger partial charge >= 0.3 is 0 Å². The smallest absolute Gasteiger partial charge is 0.300 e. The molecular formula is C27H21ClFNO3. The van der Waals surface area contributed by atoms with E-state index < -0.39 is 23.5 Å². The van der Waals surface area contributed by atoms with Crippen LogP contribution in [0.4, 0.5) is 10.1 Å². The number of halogens is 2. The van der Waals surface area contributed by atoms with Crippen molar-refractivity contribution in [1.82, 2.24) is 0 Å². The van der Waals surface area contributed by atoms with Gasteiger partial charge in [-0.15, -0.1) is 0 Å². The molecule has 1 atom stereocenters. The molecule has 3 aromatic carbocycles. The first-order valence-corrected chi connectivity index (χ1v) is 11.3. The fraction of sp³-hybridized carbons (Fsp3) is 0.185. The number of aliphatic hydroxyl groups is 1. The molecule has 1 unspecified atom stereocenters. The highest BCUT2D eigenvalue weighted by Crippen LogP contribution is 2.43. The van der Waals surface area contributed by atoms with Gasteiger partial charge in [0.05, 0.1) is 11.6 Å². The van der Waals surface area contributed by atoms with Crippen molar-refractivity contribution >= 4 is 34.7 Å². The molecule has 6 heteroatoms. The van der Waals surface area contributed by atoms with E-state index in [0.717, 1.165) is 31.2 Å². The number of carbonyl (C=O) groups excluding carboxylic acids is 2. The van der Waals surface area contributed by atoms with Crippen molar-refractivity contribution in [2.75, 3.05) is 4.90 Å². The second-order valence-corrected chi connectivity index (χ2v) is 8.80. The first-order chi connectivity index (χ1) is 16.0. The Bertz CT molecular complexity index is 1320. The normalized spacial score (nSPS) is 19.6. The standard InChI is InChI=1S/C27H21ClFNO3/c28-19-8-5-9-20(15-19)30-24(21-10-3-4-11-22(21)29)23(26(32)27(30)33)25(31)18-13-12-16-6-1-2-7-17(16)14-18/h3-5,8-15,24,31H,1-2,6-7H2/b25-23+. The summed E-state index contributed by atoms with van der Waals surface area (Å²) in [5.41, 5.74) is 3.13. The lowest BCUT2D eigenvalue weighted by atomic mass is 9.88. The van der Waals surface area contributed by atoms with Gasteiger partial charge in [-0.3, -0.25) is 14.5 Å². The van der Waals surface area contributed by atoms with Gasteiger partial charge in [0.1, 0.15) is 11.6 Å². The molecule has 1 aliphatic carbocycles. The summed E-state index contributed by atoms with van der Waals surface area (Å²) < 4.78 is 14.9. The topological polar surface area (TPSA) is 57.6 Å². The van der Waals surface area contributed by atoms with Crippen molar-refractivity contribution in [3.63, 3.8) is 0 Å². The van der Waals surface area contributed by atoms with Gasteiger partial charge in [-0.2, -0.15) is 0 Å². The average Bonchev–Trinajstić information content (AvgIpc) is 3.09. The van der Waals surface area contributed by atoms with Gasteiger partial charge < -0.3 is 5.11 Å². The van der Waals surface area contributed by atoms with Gasteiger partial charge in [0.15, 0.2) is 0 Å². The van der Waals surface area contributed by atoms with Gasteiger partial charge in [-0.05, 0) is 67.1 Å². The molecule has 5 rings (SSSR count). The second-order valence-electron chi connectivity index (χ2n) is 8.36. The largest absolute Gasteiger partial charge is 0.507 e. The third-order valence-electron chi connectivity index (χ3n) is 6.35. The van der Waals surface area contributed by atoms with Crippen molar-refractivity contribution in [2.45, 2.75) is 31.7 Å². The van der Waals surface area contributed by atoms with E-state index in [1.807, 2.05) is 12.1 Å². The molecule has 1 saturated heterocycles. The molecule has 1 heterocycles. The summed E-state index contributed by atoms with van der Waals surface area (Å²) in [6.07, 6.45) is 4.05. The molecule has 0 saturated carbocycles. The van der Waals surface area contributed by atoms with Crippen LogP contribution in [-0.4, -0.2) is 16.8 Å². The maximum atomic E-state index is 14.9. The van der Waals surface area contributed by atoms with E-state index in [2.05, 4.69) is 0 Å². The highest BCUT2D eigenvalue weighted by Gasteiger charge is 2.47. The number of anilines is 1. The second kappa shape index (κ2) is 8.49. The van der Waals surface area contributed by atoms with Gasteiger partial charge in [0.25, 0.3) is 11.7 Å². The van der Waals surface area contributed by atoms with Crippen LogP contribution >= 0.6 is 11.6 Å². The highest BCUT2D eigenvalue weighted by molar-refractivity contribution is 6.51. The first-order valence-electron chi connectivity index (χ1n) is 10.9. The summed E-state index contributed by atoms with van der Waals surface area (Å²) in [6.45, 7) is 0. The summed E-state index contributed by atoms with van der Waals surface area (Å²) in [4.78, 5) is 27.6.